The molecule has 0 bridgehead atoms. The molecule has 1 aromatic carbocycles. The Morgan fingerprint density at radius 1 is 1.25 bits per heavy atom. The molecule has 3 aliphatic rings. The number of thioether (sulfide) groups is 1. The van der Waals surface area contributed by atoms with Gasteiger partial charge in [0.25, 0.3) is 0 Å². The summed E-state index contributed by atoms with van der Waals surface area (Å²) in [5.74, 6) is -0.735. The van der Waals surface area contributed by atoms with Crippen molar-refractivity contribution in [1.82, 2.24) is 10.2 Å². The molecule has 3 fully saturated rings. The van der Waals surface area contributed by atoms with Crippen LogP contribution in [0.5, 0.6) is 5.75 Å². The van der Waals surface area contributed by atoms with E-state index in [0.717, 1.165) is 37.0 Å². The van der Waals surface area contributed by atoms with E-state index >= 15 is 0 Å². The number of ether oxygens (including phenoxy) is 1. The average Bonchev–Trinajstić information content (AvgIpc) is 3.34. The third kappa shape index (κ3) is 3.66. The molecule has 1 aromatic rings. The second-order valence-electron chi connectivity index (χ2n) is 9.54. The number of β-lactam (4-membered cyclic amide) rings is 1. The zero-order chi connectivity index (χ0) is 23.1. The SMILES string of the molecule is CCCCOc1ccccc1C1(C(=O)N[C@@H]2C(=O)N3[C@@H]2SC(C)(C)[C@H]3C(=O)O)CCCC1. The smallest absolute Gasteiger partial charge is 0.327 e. The molecule has 7 nitrogen and oxygen atoms in total. The topological polar surface area (TPSA) is 95.9 Å². The van der Waals surface area contributed by atoms with Gasteiger partial charge in [-0.15, -0.1) is 11.8 Å². The number of hydrogen-bond acceptors (Lipinski definition) is 5. The molecule has 3 atom stereocenters. The Morgan fingerprint density at radius 3 is 2.59 bits per heavy atom. The molecule has 32 heavy (non-hydrogen) atoms. The molecule has 2 N–H and O–H groups in total. The molecule has 174 valence electrons. The maximum absolute atomic E-state index is 13.7. The lowest BCUT2D eigenvalue weighted by atomic mass is 9.77. The van der Waals surface area contributed by atoms with Crippen molar-refractivity contribution in [3.05, 3.63) is 29.8 Å². The van der Waals surface area contributed by atoms with Gasteiger partial charge in [-0.05, 0) is 39.2 Å². The molecule has 1 saturated carbocycles. The van der Waals surface area contributed by atoms with E-state index in [1.54, 1.807) is 0 Å². The molecular formula is C24H32N2O5S. The van der Waals surface area contributed by atoms with Crippen LogP contribution < -0.4 is 10.1 Å². The fourth-order valence-electron chi connectivity index (χ4n) is 5.34. The van der Waals surface area contributed by atoms with E-state index < -0.39 is 28.2 Å². The predicted octanol–water partition coefficient (Wildman–Crippen LogP) is 3.31. The van der Waals surface area contributed by atoms with Crippen LogP contribution in [0.3, 0.4) is 0 Å². The molecular weight excluding hydrogens is 428 g/mol. The Labute approximate surface area is 193 Å². The number of nitrogens with one attached hydrogen (secondary N) is 1. The van der Waals surface area contributed by atoms with E-state index in [1.165, 1.54) is 16.7 Å². The summed E-state index contributed by atoms with van der Waals surface area (Å²) >= 11 is 1.45. The summed E-state index contributed by atoms with van der Waals surface area (Å²) in [6.45, 7) is 6.38. The van der Waals surface area contributed by atoms with Crippen LogP contribution >= 0.6 is 11.8 Å². The third-order valence-electron chi connectivity index (χ3n) is 7.01. The highest BCUT2D eigenvalue weighted by atomic mass is 32.2. The Bertz CT molecular complexity index is 911. The zero-order valence-corrected chi connectivity index (χ0v) is 19.7. The van der Waals surface area contributed by atoms with Gasteiger partial charge in [0.2, 0.25) is 11.8 Å². The lowest BCUT2D eigenvalue weighted by molar-refractivity contribution is -0.161. The summed E-state index contributed by atoms with van der Waals surface area (Å²) in [4.78, 5) is 39.8. The maximum Gasteiger partial charge on any atom is 0.327 e. The van der Waals surface area contributed by atoms with Gasteiger partial charge in [-0.25, -0.2) is 4.79 Å². The van der Waals surface area contributed by atoms with Gasteiger partial charge >= 0.3 is 5.97 Å². The second-order valence-corrected chi connectivity index (χ2v) is 11.3. The van der Waals surface area contributed by atoms with Crippen molar-refractivity contribution in [3.63, 3.8) is 0 Å². The van der Waals surface area contributed by atoms with Crippen molar-refractivity contribution in [3.8, 4) is 5.75 Å². The molecule has 2 heterocycles. The van der Waals surface area contributed by atoms with Crippen LogP contribution in [0.2, 0.25) is 0 Å². The summed E-state index contributed by atoms with van der Waals surface area (Å²) < 4.78 is 5.43. The normalized spacial score (nSPS) is 27.5. The first-order valence-electron chi connectivity index (χ1n) is 11.5. The molecule has 4 rings (SSSR count). The van der Waals surface area contributed by atoms with E-state index in [0.29, 0.717) is 19.4 Å². The van der Waals surface area contributed by atoms with E-state index in [-0.39, 0.29) is 17.2 Å². The molecule has 2 aliphatic heterocycles. The van der Waals surface area contributed by atoms with Gasteiger partial charge in [0, 0.05) is 10.3 Å². The van der Waals surface area contributed by atoms with Gasteiger partial charge < -0.3 is 20.1 Å². The van der Waals surface area contributed by atoms with Crippen molar-refractivity contribution in [2.45, 2.75) is 86.9 Å². The number of rotatable bonds is 8. The fraction of sp³-hybridized carbons (Fsp3) is 0.625. The highest BCUT2D eigenvalue weighted by Gasteiger charge is 2.64. The number of benzene rings is 1. The Hall–Kier alpha value is -2.22. The van der Waals surface area contributed by atoms with Gasteiger partial charge in [0.05, 0.1) is 12.0 Å². The molecule has 1 aliphatic carbocycles. The molecule has 0 radical (unpaired) electrons. The number of carbonyl (C=O) groups is 3. The Morgan fingerprint density at radius 2 is 1.94 bits per heavy atom. The summed E-state index contributed by atoms with van der Waals surface area (Å²) in [5.41, 5.74) is 0.159. The Balaban J connectivity index is 1.56. The lowest BCUT2D eigenvalue weighted by Crippen LogP contribution is -2.71. The van der Waals surface area contributed by atoms with E-state index in [4.69, 9.17) is 4.74 Å². The monoisotopic (exact) mass is 460 g/mol. The van der Waals surface area contributed by atoms with Gasteiger partial charge in [0.15, 0.2) is 0 Å². The van der Waals surface area contributed by atoms with Gasteiger partial charge in [0.1, 0.15) is 23.2 Å². The molecule has 0 spiro atoms. The average molecular weight is 461 g/mol. The predicted molar refractivity (Wildman–Crippen MR) is 123 cm³/mol. The second kappa shape index (κ2) is 8.61. The number of hydrogen-bond donors (Lipinski definition) is 2. The van der Waals surface area contributed by atoms with Gasteiger partial charge in [-0.2, -0.15) is 0 Å². The fourth-order valence-corrected chi connectivity index (χ4v) is 6.96. The van der Waals surface area contributed by atoms with Gasteiger partial charge in [-0.3, -0.25) is 9.59 Å². The standard InChI is InChI=1S/C24H32N2O5S/c1-4-5-14-31-16-11-7-6-10-15(16)24(12-8-9-13-24)22(30)25-17-19(27)26-18(21(28)29)23(2,3)32-20(17)26/h6-7,10-11,17-18,20H,4-5,8-9,12-14H2,1-3H3,(H,25,30)(H,28,29)/t17-,18-,20-/m1/s1. The Kier molecular flexibility index (Phi) is 6.18. The van der Waals surface area contributed by atoms with Crippen LogP contribution in [0.25, 0.3) is 0 Å². The van der Waals surface area contributed by atoms with Crippen LogP contribution in [0, 0.1) is 0 Å². The first-order chi connectivity index (χ1) is 15.2. The van der Waals surface area contributed by atoms with Crippen LogP contribution in [-0.2, 0) is 19.8 Å². The summed E-state index contributed by atoms with van der Waals surface area (Å²) in [5, 5.41) is 12.3. The minimum Gasteiger partial charge on any atom is -0.493 e. The number of para-hydroxylation sites is 1. The van der Waals surface area contributed by atoms with E-state index in [2.05, 4.69) is 12.2 Å². The summed E-state index contributed by atoms with van der Waals surface area (Å²) in [7, 11) is 0. The number of carbonyl (C=O) groups excluding carboxylic acids is 2. The van der Waals surface area contributed by atoms with Crippen LogP contribution in [0.4, 0.5) is 0 Å². The van der Waals surface area contributed by atoms with Crippen LogP contribution in [-0.4, -0.2) is 56.6 Å². The number of nitrogens with zero attached hydrogens (tertiary/aromatic N) is 1. The third-order valence-corrected chi connectivity index (χ3v) is 8.58. The first kappa shape index (κ1) is 23.0. The molecule has 0 unspecified atom stereocenters. The highest BCUT2D eigenvalue weighted by Crippen LogP contribution is 2.51. The molecule has 2 amide bonds. The number of unbranched alkanes of at least 4 members (excludes halogenated alkanes) is 1. The highest BCUT2D eigenvalue weighted by molar-refractivity contribution is 8.01. The summed E-state index contributed by atoms with van der Waals surface area (Å²) in [6.07, 6.45) is 5.26. The largest absolute Gasteiger partial charge is 0.493 e. The zero-order valence-electron chi connectivity index (χ0n) is 18.9. The number of carboxylic acids is 1. The van der Waals surface area contributed by atoms with E-state index in [1.807, 2.05) is 38.1 Å². The van der Waals surface area contributed by atoms with Crippen molar-refractivity contribution in [2.24, 2.45) is 0 Å². The van der Waals surface area contributed by atoms with Crippen molar-refractivity contribution >= 4 is 29.5 Å². The minimum atomic E-state index is -1.01. The minimum absolute atomic E-state index is 0.156. The lowest BCUT2D eigenvalue weighted by Gasteiger charge is -2.45. The molecule has 0 aromatic heterocycles. The van der Waals surface area contributed by atoms with Gasteiger partial charge in [-0.1, -0.05) is 44.4 Å². The maximum atomic E-state index is 13.7. The molecule has 8 heteroatoms. The number of aliphatic carboxylic acids is 1. The van der Waals surface area contributed by atoms with Crippen LogP contribution in [0.15, 0.2) is 24.3 Å². The number of amides is 2. The van der Waals surface area contributed by atoms with Crippen LogP contribution in [0.1, 0.15) is 64.9 Å². The van der Waals surface area contributed by atoms with E-state index in [9.17, 15) is 19.5 Å². The quantitative estimate of drug-likeness (QED) is 0.456. The first-order valence-corrected chi connectivity index (χ1v) is 12.4. The van der Waals surface area contributed by atoms with Crippen molar-refractivity contribution < 1.29 is 24.2 Å². The van der Waals surface area contributed by atoms with Crippen molar-refractivity contribution in [2.75, 3.05) is 6.61 Å². The summed E-state index contributed by atoms with van der Waals surface area (Å²) in [6, 6.07) is 6.16. The number of carboxylic acid groups (broad SMARTS) is 1. The number of fused-ring (bicyclic) bond motifs is 1. The molecule has 2 saturated heterocycles. The van der Waals surface area contributed by atoms with Crippen molar-refractivity contribution in [1.29, 1.82) is 0 Å².